The Balaban J connectivity index is 3.68. The van der Waals surface area contributed by atoms with Gasteiger partial charge >= 0.3 is 0 Å². The van der Waals surface area contributed by atoms with E-state index in [0.717, 1.165) is 19.3 Å². The van der Waals surface area contributed by atoms with E-state index in [4.69, 9.17) is 10.9 Å². The van der Waals surface area contributed by atoms with Crippen LogP contribution >= 0.6 is 0 Å². The van der Waals surface area contributed by atoms with E-state index in [1.807, 2.05) is 0 Å². The van der Waals surface area contributed by atoms with Crippen LogP contribution in [0.3, 0.4) is 0 Å². The van der Waals surface area contributed by atoms with Crippen LogP contribution in [0.2, 0.25) is 0 Å². The lowest BCUT2D eigenvalue weighted by Crippen LogP contribution is -2.37. The number of unbranched alkanes of at least 4 members (excludes halogenated alkanes) is 3. The molecule has 0 spiro atoms. The predicted molar refractivity (Wildman–Crippen MR) is 51.5 cm³/mol. The predicted octanol–water partition coefficient (Wildman–Crippen LogP) is 0.660. The topological polar surface area (TPSA) is 83.6 Å². The number of nitrogens with two attached hydrogens (primary N) is 1. The number of nitrogens with zero attached hydrogens (tertiary/aromatic N) is 1. The Morgan fingerprint density at radius 3 is 2.36 bits per heavy atom. The van der Waals surface area contributed by atoms with Crippen LogP contribution in [0.5, 0.6) is 0 Å². The molecule has 0 saturated heterocycles. The molecule has 0 radical (unpaired) electrons. The fourth-order valence-electron chi connectivity index (χ4n) is 1.03. The minimum absolute atomic E-state index is 0.117. The highest BCUT2D eigenvalue weighted by Gasteiger charge is 2.16. The number of rotatable bonds is 6. The van der Waals surface area contributed by atoms with Crippen molar-refractivity contribution in [2.75, 3.05) is 6.54 Å². The van der Waals surface area contributed by atoms with Crippen molar-refractivity contribution in [3.63, 3.8) is 0 Å². The number of imide groups is 1. The average Bonchev–Trinajstić information content (AvgIpc) is 2.21. The number of hydrogen-bond donors (Lipinski definition) is 2. The van der Waals surface area contributed by atoms with Crippen molar-refractivity contribution in [1.82, 2.24) is 5.06 Å². The summed E-state index contributed by atoms with van der Waals surface area (Å²) in [6, 6.07) is 0. The third-order valence-corrected chi connectivity index (χ3v) is 1.89. The largest absolute Gasteiger partial charge is 0.322 e. The molecule has 0 aliphatic rings. The Kier molecular flexibility index (Phi) is 6.96. The van der Waals surface area contributed by atoms with E-state index >= 15 is 0 Å². The molecule has 0 aromatic carbocycles. The average molecular weight is 202 g/mol. The van der Waals surface area contributed by atoms with E-state index in [2.05, 4.69) is 6.92 Å². The van der Waals surface area contributed by atoms with E-state index in [9.17, 15) is 9.59 Å². The monoisotopic (exact) mass is 202 g/mol. The van der Waals surface area contributed by atoms with Crippen molar-refractivity contribution >= 4 is 11.8 Å². The summed E-state index contributed by atoms with van der Waals surface area (Å²) in [5.74, 6) is -1.33. The van der Waals surface area contributed by atoms with Crippen molar-refractivity contribution in [3.8, 4) is 0 Å². The van der Waals surface area contributed by atoms with Gasteiger partial charge in [-0.1, -0.05) is 26.2 Å². The lowest BCUT2D eigenvalue weighted by atomic mass is 10.1. The van der Waals surface area contributed by atoms with Crippen LogP contribution in [0.1, 0.15) is 39.0 Å². The zero-order valence-corrected chi connectivity index (χ0v) is 8.53. The minimum Gasteiger partial charge on any atom is -0.322 e. The number of carbonyl (C=O) groups is 2. The van der Waals surface area contributed by atoms with Gasteiger partial charge in [0.15, 0.2) is 0 Å². The molecule has 2 amide bonds. The molecule has 0 fully saturated rings. The maximum atomic E-state index is 11.1. The maximum Gasteiger partial charge on any atom is 0.266 e. The molecule has 0 aliphatic heterocycles. The summed E-state index contributed by atoms with van der Waals surface area (Å²) in [6.07, 6.45) is 3.97. The van der Waals surface area contributed by atoms with Crippen LogP contribution in [0, 0.1) is 0 Å². The first-order valence-electron chi connectivity index (χ1n) is 4.88. The highest BCUT2D eigenvalue weighted by molar-refractivity contribution is 5.94. The molecule has 0 rings (SSSR count). The second kappa shape index (κ2) is 7.46. The van der Waals surface area contributed by atoms with Gasteiger partial charge < -0.3 is 5.73 Å². The molecule has 0 unspecified atom stereocenters. The zero-order valence-electron chi connectivity index (χ0n) is 8.53. The van der Waals surface area contributed by atoms with Crippen molar-refractivity contribution in [1.29, 1.82) is 0 Å². The van der Waals surface area contributed by atoms with Gasteiger partial charge in [0.25, 0.3) is 11.8 Å². The molecule has 0 aromatic rings. The van der Waals surface area contributed by atoms with Crippen molar-refractivity contribution < 1.29 is 14.8 Å². The van der Waals surface area contributed by atoms with Crippen molar-refractivity contribution in [3.05, 3.63) is 0 Å². The third-order valence-electron chi connectivity index (χ3n) is 1.89. The van der Waals surface area contributed by atoms with Crippen molar-refractivity contribution in [2.24, 2.45) is 5.73 Å². The lowest BCUT2D eigenvalue weighted by Gasteiger charge is -2.11. The summed E-state index contributed by atoms with van der Waals surface area (Å²) in [6.45, 7) is 1.72. The van der Waals surface area contributed by atoms with Gasteiger partial charge in [0, 0.05) is 6.42 Å². The van der Waals surface area contributed by atoms with E-state index in [0.29, 0.717) is 6.42 Å². The van der Waals surface area contributed by atoms with Crippen LogP contribution in [-0.4, -0.2) is 28.6 Å². The highest BCUT2D eigenvalue weighted by atomic mass is 16.5. The second-order valence-electron chi connectivity index (χ2n) is 3.11. The molecular formula is C9H18N2O3. The number of hydrogen-bond acceptors (Lipinski definition) is 4. The van der Waals surface area contributed by atoms with Crippen LogP contribution in [0.15, 0.2) is 0 Å². The molecule has 0 bridgehead atoms. The normalized spacial score (nSPS) is 9.93. The van der Waals surface area contributed by atoms with Gasteiger partial charge in [0.05, 0.1) is 6.54 Å². The summed E-state index contributed by atoms with van der Waals surface area (Å²) >= 11 is 0. The molecule has 0 heterocycles. The summed E-state index contributed by atoms with van der Waals surface area (Å²) in [7, 11) is 0. The van der Waals surface area contributed by atoms with Crippen LogP contribution in [-0.2, 0) is 9.59 Å². The van der Waals surface area contributed by atoms with E-state index in [1.165, 1.54) is 0 Å². The van der Waals surface area contributed by atoms with Gasteiger partial charge in [-0.3, -0.25) is 14.8 Å². The minimum atomic E-state index is -0.759. The zero-order chi connectivity index (χ0) is 11.0. The van der Waals surface area contributed by atoms with Crippen LogP contribution in [0.25, 0.3) is 0 Å². The Morgan fingerprint density at radius 1 is 1.21 bits per heavy atom. The molecule has 0 saturated carbocycles. The molecule has 0 aromatic heterocycles. The lowest BCUT2D eigenvalue weighted by molar-refractivity contribution is -0.178. The summed E-state index contributed by atoms with van der Waals surface area (Å²) in [5.41, 5.74) is 4.98. The van der Waals surface area contributed by atoms with Gasteiger partial charge in [-0.2, -0.15) is 5.06 Å². The molecular weight excluding hydrogens is 184 g/mol. The fraction of sp³-hybridized carbons (Fsp3) is 0.778. The highest BCUT2D eigenvalue weighted by Crippen LogP contribution is 2.04. The van der Waals surface area contributed by atoms with Gasteiger partial charge in [-0.15, -0.1) is 0 Å². The van der Waals surface area contributed by atoms with Crippen LogP contribution < -0.4 is 5.73 Å². The van der Waals surface area contributed by atoms with Gasteiger partial charge in [0.1, 0.15) is 0 Å². The number of amides is 2. The van der Waals surface area contributed by atoms with Gasteiger partial charge in [-0.25, -0.2) is 0 Å². The van der Waals surface area contributed by atoms with Crippen molar-refractivity contribution in [2.45, 2.75) is 39.0 Å². The maximum absolute atomic E-state index is 11.1. The van der Waals surface area contributed by atoms with Gasteiger partial charge in [0.2, 0.25) is 0 Å². The van der Waals surface area contributed by atoms with E-state index in [-0.39, 0.29) is 18.0 Å². The smallest absolute Gasteiger partial charge is 0.266 e. The molecule has 5 nitrogen and oxygen atoms in total. The Bertz CT molecular complexity index is 194. The molecule has 14 heavy (non-hydrogen) atoms. The fourth-order valence-corrected chi connectivity index (χ4v) is 1.03. The quantitative estimate of drug-likeness (QED) is 0.376. The van der Waals surface area contributed by atoms with Gasteiger partial charge in [-0.05, 0) is 6.42 Å². The Morgan fingerprint density at radius 2 is 1.86 bits per heavy atom. The number of carbonyl (C=O) groups excluding carboxylic acids is 2. The Hall–Kier alpha value is -0.940. The summed E-state index contributed by atoms with van der Waals surface area (Å²) in [4.78, 5) is 21.9. The standard InChI is InChI=1S/C9H18N2O3/c1-2-3-4-5-6-8(12)11(14)9(13)7-10/h14H,2-7,10H2,1H3. The molecule has 0 aliphatic carbocycles. The molecule has 3 N–H and O–H groups in total. The first kappa shape index (κ1) is 13.1. The summed E-state index contributed by atoms with van der Waals surface area (Å²) < 4.78 is 0. The van der Waals surface area contributed by atoms with E-state index in [1.54, 1.807) is 0 Å². The first-order valence-corrected chi connectivity index (χ1v) is 4.88. The molecule has 5 heteroatoms. The SMILES string of the molecule is CCCCCCC(=O)N(O)C(=O)CN. The van der Waals surface area contributed by atoms with Crippen LogP contribution in [0.4, 0.5) is 0 Å². The summed E-state index contributed by atoms with van der Waals surface area (Å²) in [5, 5.41) is 9.11. The molecule has 0 atom stereocenters. The van der Waals surface area contributed by atoms with E-state index < -0.39 is 11.8 Å². The second-order valence-corrected chi connectivity index (χ2v) is 3.11. The number of hydroxylamine groups is 2. The third kappa shape index (κ3) is 4.94. The Labute approximate surface area is 83.8 Å². The first-order chi connectivity index (χ1) is 6.63. The molecule has 82 valence electrons.